The molecule has 11 rings (SSSR count). The highest BCUT2D eigenvalue weighted by Gasteiger charge is 2.43. The Kier molecular flexibility index (Phi) is 6.38. The zero-order valence-corrected chi connectivity index (χ0v) is 29.1. The summed E-state index contributed by atoms with van der Waals surface area (Å²) in [6.07, 6.45) is 0. The van der Waals surface area contributed by atoms with Crippen LogP contribution >= 0.6 is 0 Å². The zero-order chi connectivity index (χ0) is 35.1. The van der Waals surface area contributed by atoms with Gasteiger partial charge in [0.25, 0.3) is 0 Å². The molecular formula is C50H33NO2. The third-order valence-corrected chi connectivity index (χ3v) is 11.4. The molecule has 3 heteroatoms. The Balaban J connectivity index is 1.13. The van der Waals surface area contributed by atoms with Gasteiger partial charge < -0.3 is 13.7 Å². The first kappa shape index (κ1) is 29.8. The topological polar surface area (TPSA) is 29.5 Å². The monoisotopic (exact) mass is 679 g/mol. The summed E-state index contributed by atoms with van der Waals surface area (Å²) in [6.45, 7) is 2.36. The molecule has 10 aromatic rings. The van der Waals surface area contributed by atoms with Gasteiger partial charge in [0, 0.05) is 55.7 Å². The van der Waals surface area contributed by atoms with Gasteiger partial charge in [-0.2, -0.15) is 0 Å². The summed E-state index contributed by atoms with van der Waals surface area (Å²) in [6, 6.07) is 65.0. The summed E-state index contributed by atoms with van der Waals surface area (Å²) in [7, 11) is 0. The maximum absolute atomic E-state index is 6.70. The van der Waals surface area contributed by atoms with E-state index in [4.69, 9.17) is 8.83 Å². The number of nitrogens with zero attached hydrogens (tertiary/aromatic N) is 1. The number of hydrogen-bond acceptors (Lipinski definition) is 3. The summed E-state index contributed by atoms with van der Waals surface area (Å²) in [5.41, 5.74) is 14.9. The zero-order valence-electron chi connectivity index (χ0n) is 29.1. The molecule has 0 N–H and O–H groups in total. The molecule has 250 valence electrons. The van der Waals surface area contributed by atoms with Gasteiger partial charge in [0.05, 0.1) is 0 Å². The Labute approximate surface area is 307 Å². The van der Waals surface area contributed by atoms with Crippen LogP contribution in [0.25, 0.3) is 66.1 Å². The first-order valence-corrected chi connectivity index (χ1v) is 18.2. The van der Waals surface area contributed by atoms with Crippen molar-refractivity contribution >= 4 is 60.9 Å². The lowest BCUT2D eigenvalue weighted by Gasteiger charge is -2.31. The fourth-order valence-electron chi connectivity index (χ4n) is 8.78. The van der Waals surface area contributed by atoms with Crippen molar-refractivity contribution in [2.75, 3.05) is 4.90 Å². The second kappa shape index (κ2) is 11.3. The summed E-state index contributed by atoms with van der Waals surface area (Å²) >= 11 is 0. The van der Waals surface area contributed by atoms with Crippen LogP contribution in [-0.4, -0.2) is 0 Å². The van der Waals surface area contributed by atoms with E-state index in [1.54, 1.807) is 0 Å². The number of rotatable bonds is 5. The maximum atomic E-state index is 6.70. The van der Waals surface area contributed by atoms with Crippen molar-refractivity contribution in [3.63, 3.8) is 0 Å². The molecule has 0 saturated carbocycles. The number of hydrogen-bond donors (Lipinski definition) is 0. The molecule has 1 aliphatic carbocycles. The molecule has 2 aromatic heterocycles. The maximum Gasteiger partial charge on any atom is 0.139 e. The van der Waals surface area contributed by atoms with E-state index in [2.05, 4.69) is 176 Å². The molecule has 0 bridgehead atoms. The van der Waals surface area contributed by atoms with Gasteiger partial charge in [-0.25, -0.2) is 0 Å². The molecule has 0 amide bonds. The van der Waals surface area contributed by atoms with E-state index in [-0.39, 0.29) is 0 Å². The Morgan fingerprint density at radius 2 is 0.943 bits per heavy atom. The molecule has 8 aromatic carbocycles. The van der Waals surface area contributed by atoms with E-state index in [1.165, 1.54) is 33.4 Å². The van der Waals surface area contributed by atoms with Crippen LogP contribution in [-0.2, 0) is 5.41 Å². The average molecular weight is 680 g/mol. The summed E-state index contributed by atoms with van der Waals surface area (Å²) < 4.78 is 13.1. The molecule has 0 saturated heterocycles. The minimum atomic E-state index is -0.471. The average Bonchev–Trinajstić information content (AvgIpc) is 3.87. The van der Waals surface area contributed by atoms with Crippen molar-refractivity contribution in [2.45, 2.75) is 12.3 Å². The molecule has 0 fully saturated rings. The van der Waals surface area contributed by atoms with E-state index in [0.29, 0.717) is 0 Å². The summed E-state index contributed by atoms with van der Waals surface area (Å²) in [5, 5.41) is 4.51. The van der Waals surface area contributed by atoms with Crippen LogP contribution in [0.1, 0.15) is 23.6 Å². The fraction of sp³-hybridized carbons (Fsp3) is 0.0400. The largest absolute Gasteiger partial charge is 0.456 e. The molecule has 53 heavy (non-hydrogen) atoms. The van der Waals surface area contributed by atoms with Crippen LogP contribution < -0.4 is 4.90 Å². The highest BCUT2D eigenvalue weighted by molar-refractivity contribution is 6.08. The van der Waals surface area contributed by atoms with Gasteiger partial charge in [-0.3, -0.25) is 0 Å². The van der Waals surface area contributed by atoms with Crippen LogP contribution in [0.2, 0.25) is 0 Å². The van der Waals surface area contributed by atoms with Crippen LogP contribution in [0.5, 0.6) is 0 Å². The molecule has 2 heterocycles. The van der Waals surface area contributed by atoms with Crippen LogP contribution in [0.4, 0.5) is 17.1 Å². The Bertz CT molecular complexity index is 3020. The van der Waals surface area contributed by atoms with Gasteiger partial charge in [-0.05, 0) is 88.8 Å². The van der Waals surface area contributed by atoms with E-state index in [0.717, 1.165) is 66.5 Å². The number of anilines is 3. The van der Waals surface area contributed by atoms with E-state index < -0.39 is 5.41 Å². The van der Waals surface area contributed by atoms with Gasteiger partial charge in [0.1, 0.15) is 22.3 Å². The third-order valence-electron chi connectivity index (χ3n) is 11.4. The van der Waals surface area contributed by atoms with Gasteiger partial charge in [0.15, 0.2) is 0 Å². The highest BCUT2D eigenvalue weighted by atomic mass is 16.3. The Hall–Kier alpha value is -6.84. The normalized spacial score (nSPS) is 15.0. The molecular weight excluding hydrogens is 647 g/mol. The van der Waals surface area contributed by atoms with E-state index in [1.807, 2.05) is 18.2 Å². The predicted molar refractivity (Wildman–Crippen MR) is 219 cm³/mol. The van der Waals surface area contributed by atoms with Crippen molar-refractivity contribution in [2.24, 2.45) is 0 Å². The minimum absolute atomic E-state index is 0.471. The third kappa shape index (κ3) is 4.41. The minimum Gasteiger partial charge on any atom is -0.456 e. The van der Waals surface area contributed by atoms with Crippen molar-refractivity contribution < 1.29 is 8.83 Å². The molecule has 1 aliphatic rings. The van der Waals surface area contributed by atoms with Crippen LogP contribution in [0, 0.1) is 0 Å². The molecule has 1 unspecified atom stereocenters. The standard InChI is InChI=1S/C50H33NO2/c1-50(44-19-11-17-42-40-16-7-10-21-47(40)53-49(42)44)43-18-8-5-14-37(43)38-28-26-35(30-45(38)50)51(34-24-22-33(23-25-34)32-12-3-2-4-13-32)36-27-29-41-39-15-6-9-20-46(39)52-48(41)31-36/h2-31H,1H3. The number of para-hydroxylation sites is 3. The summed E-state index contributed by atoms with van der Waals surface area (Å²) in [5.74, 6) is 0. The molecule has 3 nitrogen and oxygen atoms in total. The van der Waals surface area contributed by atoms with E-state index >= 15 is 0 Å². The Morgan fingerprint density at radius 1 is 0.377 bits per heavy atom. The van der Waals surface area contributed by atoms with Crippen LogP contribution in [0.3, 0.4) is 0 Å². The SMILES string of the molecule is CC1(c2cccc3c2oc2ccccc23)c2ccccc2-c2ccc(N(c3ccc(-c4ccccc4)cc3)c3ccc4c(c3)oc3ccccc34)cc21. The van der Waals surface area contributed by atoms with Crippen molar-refractivity contribution in [1.82, 2.24) is 0 Å². The first-order chi connectivity index (χ1) is 26.1. The lowest BCUT2D eigenvalue weighted by molar-refractivity contribution is 0.638. The second-order valence-corrected chi connectivity index (χ2v) is 14.2. The van der Waals surface area contributed by atoms with Crippen LogP contribution in [0.15, 0.2) is 191 Å². The van der Waals surface area contributed by atoms with Gasteiger partial charge in [-0.1, -0.05) is 127 Å². The fourth-order valence-corrected chi connectivity index (χ4v) is 8.78. The van der Waals surface area contributed by atoms with Crippen molar-refractivity contribution in [3.8, 4) is 22.3 Å². The van der Waals surface area contributed by atoms with E-state index in [9.17, 15) is 0 Å². The quantitative estimate of drug-likeness (QED) is 0.181. The lowest BCUT2D eigenvalue weighted by Crippen LogP contribution is -2.23. The van der Waals surface area contributed by atoms with Crippen molar-refractivity contribution in [3.05, 3.63) is 199 Å². The predicted octanol–water partition coefficient (Wildman–Crippen LogP) is 14.0. The van der Waals surface area contributed by atoms with Gasteiger partial charge >= 0.3 is 0 Å². The molecule has 0 spiro atoms. The van der Waals surface area contributed by atoms with Gasteiger partial charge in [0.2, 0.25) is 0 Å². The van der Waals surface area contributed by atoms with Crippen molar-refractivity contribution in [1.29, 1.82) is 0 Å². The number of fused-ring (bicyclic) bond motifs is 9. The highest BCUT2D eigenvalue weighted by Crippen LogP contribution is 2.55. The smallest absolute Gasteiger partial charge is 0.139 e. The number of furan rings is 2. The Morgan fingerprint density at radius 3 is 1.77 bits per heavy atom. The summed E-state index contributed by atoms with van der Waals surface area (Å²) in [4.78, 5) is 2.35. The lowest BCUT2D eigenvalue weighted by atomic mass is 9.73. The first-order valence-electron chi connectivity index (χ1n) is 18.2. The van der Waals surface area contributed by atoms with Gasteiger partial charge in [-0.15, -0.1) is 0 Å². The molecule has 0 aliphatic heterocycles. The molecule has 1 atom stereocenters. The number of benzene rings is 8. The second-order valence-electron chi connectivity index (χ2n) is 14.2. The molecule has 0 radical (unpaired) electrons.